The number of carbonyl (C=O) groups is 1. The minimum Gasteiger partial charge on any atom is -0.447 e. The summed E-state index contributed by atoms with van der Waals surface area (Å²) in [7, 11) is 1.47. The predicted molar refractivity (Wildman–Crippen MR) is 65.0 cm³/mol. The van der Waals surface area contributed by atoms with E-state index >= 15 is 0 Å². The molecule has 7 nitrogen and oxygen atoms in total. The third-order valence-electron chi connectivity index (χ3n) is 1.92. The number of anilines is 1. The zero-order valence-electron chi connectivity index (χ0n) is 9.51. The van der Waals surface area contributed by atoms with Crippen LogP contribution in [-0.2, 0) is 9.47 Å². The fourth-order valence-electron chi connectivity index (χ4n) is 1.09. The van der Waals surface area contributed by atoms with Crippen molar-refractivity contribution in [3.8, 4) is 0 Å². The summed E-state index contributed by atoms with van der Waals surface area (Å²) >= 11 is 5.79. The summed E-state index contributed by atoms with van der Waals surface area (Å²) in [5, 5.41) is 13.1. The molecule has 0 saturated carbocycles. The van der Waals surface area contributed by atoms with Gasteiger partial charge in [0.15, 0.2) is 0 Å². The number of methoxy groups -OCH3 is 1. The molecular formula is C10H11ClN2O5. The van der Waals surface area contributed by atoms with E-state index in [0.717, 1.165) is 6.07 Å². The lowest BCUT2D eigenvalue weighted by atomic mass is 10.3. The number of nitrogens with zero attached hydrogens (tertiary/aromatic N) is 1. The quantitative estimate of drug-likeness (QED) is 0.506. The Morgan fingerprint density at radius 1 is 1.50 bits per heavy atom. The summed E-state index contributed by atoms with van der Waals surface area (Å²) in [6, 6.07) is 3.72. The Hall–Kier alpha value is -1.86. The molecule has 0 aromatic heterocycles. The Morgan fingerprint density at radius 2 is 2.22 bits per heavy atom. The number of nitro benzene ring substituents is 1. The highest BCUT2D eigenvalue weighted by molar-refractivity contribution is 6.33. The number of benzene rings is 1. The average molecular weight is 275 g/mol. The third-order valence-corrected chi connectivity index (χ3v) is 2.25. The van der Waals surface area contributed by atoms with Gasteiger partial charge in [-0.1, -0.05) is 11.6 Å². The fraction of sp³-hybridized carbons (Fsp3) is 0.300. The van der Waals surface area contributed by atoms with E-state index in [0.29, 0.717) is 0 Å². The third kappa shape index (κ3) is 4.19. The van der Waals surface area contributed by atoms with Gasteiger partial charge in [-0.3, -0.25) is 15.4 Å². The molecular weight excluding hydrogens is 264 g/mol. The lowest BCUT2D eigenvalue weighted by molar-refractivity contribution is -0.384. The second-order valence-corrected chi connectivity index (χ2v) is 3.58. The van der Waals surface area contributed by atoms with Gasteiger partial charge in [0.2, 0.25) is 0 Å². The molecule has 0 aliphatic rings. The standard InChI is InChI=1S/C10H11ClN2O5/c1-17-4-5-18-10(14)12-9-6-7(13(15)16)2-3-8(9)11/h2-3,6H,4-5H2,1H3,(H,12,14). The van der Waals surface area contributed by atoms with Gasteiger partial charge in [-0.25, -0.2) is 4.79 Å². The number of amides is 1. The van der Waals surface area contributed by atoms with Crippen molar-refractivity contribution in [2.45, 2.75) is 0 Å². The Kier molecular flexibility index (Phi) is 5.34. The van der Waals surface area contributed by atoms with Crippen molar-refractivity contribution in [3.05, 3.63) is 33.3 Å². The van der Waals surface area contributed by atoms with Crippen LogP contribution >= 0.6 is 11.6 Å². The maximum atomic E-state index is 11.3. The second-order valence-electron chi connectivity index (χ2n) is 3.17. The Bertz CT molecular complexity index is 452. The van der Waals surface area contributed by atoms with E-state index in [2.05, 4.69) is 5.32 Å². The molecule has 18 heavy (non-hydrogen) atoms. The first-order chi connectivity index (χ1) is 8.54. The van der Waals surface area contributed by atoms with Crippen molar-refractivity contribution in [1.29, 1.82) is 0 Å². The molecule has 1 rings (SSSR count). The highest BCUT2D eigenvalue weighted by atomic mass is 35.5. The number of hydrogen-bond acceptors (Lipinski definition) is 5. The van der Waals surface area contributed by atoms with E-state index in [-0.39, 0.29) is 29.6 Å². The van der Waals surface area contributed by atoms with E-state index in [4.69, 9.17) is 21.1 Å². The van der Waals surface area contributed by atoms with E-state index in [1.807, 2.05) is 0 Å². The Labute approximate surface area is 108 Å². The summed E-state index contributed by atoms with van der Waals surface area (Å²) in [6.07, 6.45) is -0.755. The molecule has 0 radical (unpaired) electrons. The van der Waals surface area contributed by atoms with Gasteiger partial charge in [-0.2, -0.15) is 0 Å². The van der Waals surface area contributed by atoms with Gasteiger partial charge in [-0.15, -0.1) is 0 Å². The summed E-state index contributed by atoms with van der Waals surface area (Å²) in [5.74, 6) is 0. The predicted octanol–water partition coefficient (Wildman–Crippen LogP) is 2.44. The molecule has 0 spiro atoms. The van der Waals surface area contributed by atoms with Crippen molar-refractivity contribution in [2.75, 3.05) is 25.6 Å². The van der Waals surface area contributed by atoms with Crippen LogP contribution in [0.15, 0.2) is 18.2 Å². The molecule has 1 aromatic carbocycles. The molecule has 1 N–H and O–H groups in total. The Morgan fingerprint density at radius 3 is 2.83 bits per heavy atom. The molecule has 0 aliphatic heterocycles. The SMILES string of the molecule is COCCOC(=O)Nc1cc([N+](=O)[O-])ccc1Cl. The number of nitro groups is 1. The van der Waals surface area contributed by atoms with Crippen LogP contribution in [0.2, 0.25) is 5.02 Å². The van der Waals surface area contributed by atoms with Crippen LogP contribution in [0.3, 0.4) is 0 Å². The first kappa shape index (κ1) is 14.2. The van der Waals surface area contributed by atoms with Crippen LogP contribution in [0, 0.1) is 10.1 Å². The topological polar surface area (TPSA) is 90.7 Å². The fourth-order valence-corrected chi connectivity index (χ4v) is 1.25. The smallest absolute Gasteiger partial charge is 0.411 e. The molecule has 0 saturated heterocycles. The zero-order chi connectivity index (χ0) is 13.5. The maximum absolute atomic E-state index is 11.3. The van der Waals surface area contributed by atoms with Crippen LogP contribution in [0.25, 0.3) is 0 Å². The van der Waals surface area contributed by atoms with E-state index < -0.39 is 11.0 Å². The molecule has 0 atom stereocenters. The number of halogens is 1. The minimum atomic E-state index is -0.755. The van der Waals surface area contributed by atoms with Crippen LogP contribution in [0.4, 0.5) is 16.2 Å². The molecule has 0 bridgehead atoms. The molecule has 1 amide bonds. The number of non-ortho nitro benzene ring substituents is 1. The zero-order valence-corrected chi connectivity index (χ0v) is 10.3. The van der Waals surface area contributed by atoms with Gasteiger partial charge in [0.25, 0.3) is 5.69 Å². The number of carbonyl (C=O) groups excluding carboxylic acids is 1. The molecule has 98 valence electrons. The monoisotopic (exact) mass is 274 g/mol. The number of hydrogen-bond donors (Lipinski definition) is 1. The number of rotatable bonds is 5. The molecule has 0 unspecified atom stereocenters. The lowest BCUT2D eigenvalue weighted by Crippen LogP contribution is -2.16. The van der Waals surface area contributed by atoms with Crippen LogP contribution in [0.1, 0.15) is 0 Å². The van der Waals surface area contributed by atoms with Gasteiger partial charge < -0.3 is 9.47 Å². The number of ether oxygens (including phenoxy) is 2. The first-order valence-electron chi connectivity index (χ1n) is 4.91. The van der Waals surface area contributed by atoms with Crippen LogP contribution in [0.5, 0.6) is 0 Å². The van der Waals surface area contributed by atoms with Crippen molar-refractivity contribution in [2.24, 2.45) is 0 Å². The van der Waals surface area contributed by atoms with Gasteiger partial charge >= 0.3 is 6.09 Å². The molecule has 0 aliphatic carbocycles. The first-order valence-corrected chi connectivity index (χ1v) is 5.29. The lowest BCUT2D eigenvalue weighted by Gasteiger charge is -2.07. The maximum Gasteiger partial charge on any atom is 0.411 e. The second kappa shape index (κ2) is 6.77. The van der Waals surface area contributed by atoms with Gasteiger partial charge in [0.1, 0.15) is 6.61 Å². The van der Waals surface area contributed by atoms with Gasteiger partial charge in [-0.05, 0) is 6.07 Å². The van der Waals surface area contributed by atoms with Gasteiger partial charge in [0, 0.05) is 19.2 Å². The summed E-state index contributed by atoms with van der Waals surface area (Å²) < 4.78 is 9.43. The van der Waals surface area contributed by atoms with Crippen LogP contribution in [-0.4, -0.2) is 31.3 Å². The highest BCUT2D eigenvalue weighted by Crippen LogP contribution is 2.26. The largest absolute Gasteiger partial charge is 0.447 e. The molecule has 1 aromatic rings. The normalized spacial score (nSPS) is 9.89. The van der Waals surface area contributed by atoms with E-state index in [1.54, 1.807) is 0 Å². The van der Waals surface area contributed by atoms with Crippen molar-refractivity contribution >= 4 is 29.1 Å². The minimum absolute atomic E-state index is 0.0783. The molecule has 8 heteroatoms. The van der Waals surface area contributed by atoms with E-state index in [9.17, 15) is 14.9 Å². The van der Waals surface area contributed by atoms with Crippen molar-refractivity contribution in [1.82, 2.24) is 0 Å². The average Bonchev–Trinajstić information content (AvgIpc) is 2.32. The van der Waals surface area contributed by atoms with Crippen LogP contribution < -0.4 is 5.32 Å². The summed E-state index contributed by atoms with van der Waals surface area (Å²) in [5.41, 5.74) is -0.0557. The highest BCUT2D eigenvalue weighted by Gasteiger charge is 2.12. The summed E-state index contributed by atoms with van der Waals surface area (Å²) in [4.78, 5) is 21.3. The number of nitrogens with one attached hydrogen (secondary N) is 1. The molecule has 0 fully saturated rings. The molecule has 0 heterocycles. The van der Waals surface area contributed by atoms with Gasteiger partial charge in [0.05, 0.1) is 22.2 Å². The van der Waals surface area contributed by atoms with E-state index in [1.165, 1.54) is 19.2 Å². The van der Waals surface area contributed by atoms with Crippen molar-refractivity contribution < 1.29 is 19.2 Å². The summed E-state index contributed by atoms with van der Waals surface area (Å²) in [6.45, 7) is 0.338. The Balaban J connectivity index is 2.68. The van der Waals surface area contributed by atoms with Crippen molar-refractivity contribution in [3.63, 3.8) is 0 Å².